The minimum atomic E-state index is -0.563. The molecule has 0 bridgehead atoms. The second kappa shape index (κ2) is 5.91. The first kappa shape index (κ1) is 13.7. The molecule has 0 amide bonds. The van der Waals surface area contributed by atoms with Crippen LogP contribution in [0.15, 0.2) is 40.9 Å². The highest BCUT2D eigenvalue weighted by Crippen LogP contribution is 2.27. The Bertz CT molecular complexity index is 575. The van der Waals surface area contributed by atoms with Crippen LogP contribution in [0.3, 0.4) is 0 Å². The third kappa shape index (κ3) is 3.16. The lowest BCUT2D eigenvalue weighted by Crippen LogP contribution is -1.98. The van der Waals surface area contributed by atoms with Gasteiger partial charge in [0.15, 0.2) is 11.6 Å². The van der Waals surface area contributed by atoms with Gasteiger partial charge in [-0.3, -0.25) is 0 Å². The van der Waals surface area contributed by atoms with E-state index in [-0.39, 0.29) is 17.4 Å². The Morgan fingerprint density at radius 2 is 1.89 bits per heavy atom. The van der Waals surface area contributed by atoms with E-state index in [4.69, 9.17) is 27.9 Å². The number of rotatable bonds is 3. The standard InChI is InChI=1S/C13H8BrCl2FO/c14-9-5-4-8(11(16)6-9)7-18-12-3-1-2-10(15)13(12)17/h1-6H,7H2. The molecule has 18 heavy (non-hydrogen) atoms. The van der Waals surface area contributed by atoms with E-state index in [0.717, 1.165) is 10.0 Å². The molecule has 2 aromatic carbocycles. The summed E-state index contributed by atoms with van der Waals surface area (Å²) >= 11 is 15.0. The SMILES string of the molecule is Fc1c(Cl)cccc1OCc1ccc(Br)cc1Cl. The van der Waals surface area contributed by atoms with Crippen LogP contribution < -0.4 is 4.74 Å². The Labute approximate surface area is 123 Å². The van der Waals surface area contributed by atoms with Gasteiger partial charge in [0.25, 0.3) is 0 Å². The molecule has 1 nitrogen and oxygen atoms in total. The molecule has 0 aliphatic heterocycles. The minimum absolute atomic E-state index is 0.0365. The molecule has 94 valence electrons. The molecule has 2 rings (SSSR count). The lowest BCUT2D eigenvalue weighted by Gasteiger charge is -2.09. The quantitative estimate of drug-likeness (QED) is 0.713. The van der Waals surface area contributed by atoms with Crippen molar-refractivity contribution >= 4 is 39.1 Å². The zero-order valence-electron chi connectivity index (χ0n) is 9.09. The summed E-state index contributed by atoms with van der Waals surface area (Å²) in [6, 6.07) is 10.0. The molecule has 0 saturated carbocycles. The fourth-order valence-corrected chi connectivity index (χ4v) is 2.28. The van der Waals surface area contributed by atoms with Crippen LogP contribution in [0, 0.1) is 5.82 Å². The van der Waals surface area contributed by atoms with Gasteiger partial charge in [-0.2, -0.15) is 0 Å². The summed E-state index contributed by atoms with van der Waals surface area (Å²) in [6.45, 7) is 0.184. The van der Waals surface area contributed by atoms with Crippen molar-refractivity contribution in [3.05, 3.63) is 62.3 Å². The van der Waals surface area contributed by atoms with Crippen molar-refractivity contribution in [2.75, 3.05) is 0 Å². The zero-order chi connectivity index (χ0) is 13.1. The second-order valence-electron chi connectivity index (χ2n) is 3.58. The minimum Gasteiger partial charge on any atom is -0.486 e. The van der Waals surface area contributed by atoms with Crippen LogP contribution >= 0.6 is 39.1 Å². The van der Waals surface area contributed by atoms with Crippen molar-refractivity contribution in [3.63, 3.8) is 0 Å². The predicted octanol–water partition coefficient (Wildman–Crippen LogP) is 5.47. The molecule has 5 heteroatoms. The number of halogens is 4. The lowest BCUT2D eigenvalue weighted by molar-refractivity contribution is 0.290. The molecule has 2 aromatic rings. The van der Waals surface area contributed by atoms with Crippen molar-refractivity contribution in [2.24, 2.45) is 0 Å². The number of ether oxygens (including phenoxy) is 1. The normalized spacial score (nSPS) is 10.4. The highest BCUT2D eigenvalue weighted by atomic mass is 79.9. The van der Waals surface area contributed by atoms with E-state index in [0.29, 0.717) is 5.02 Å². The maximum Gasteiger partial charge on any atom is 0.183 e. The molecule has 0 spiro atoms. The van der Waals surface area contributed by atoms with Crippen LogP contribution in [0.25, 0.3) is 0 Å². The average Bonchev–Trinajstić information content (AvgIpc) is 2.33. The summed E-state index contributed by atoms with van der Waals surface area (Å²) in [5, 5.41) is 0.598. The fraction of sp³-hybridized carbons (Fsp3) is 0.0769. The van der Waals surface area contributed by atoms with Gasteiger partial charge in [-0.1, -0.05) is 51.3 Å². The van der Waals surface area contributed by atoms with E-state index in [2.05, 4.69) is 15.9 Å². The molecule has 0 heterocycles. The maximum atomic E-state index is 13.6. The Balaban J connectivity index is 2.14. The Hall–Kier alpha value is -0.770. The molecule has 0 fully saturated rings. The molecule has 0 aliphatic carbocycles. The van der Waals surface area contributed by atoms with Gasteiger partial charge in [0.2, 0.25) is 0 Å². The number of benzene rings is 2. The van der Waals surface area contributed by atoms with E-state index >= 15 is 0 Å². The Morgan fingerprint density at radius 3 is 2.61 bits per heavy atom. The Kier molecular flexibility index (Phi) is 4.49. The van der Waals surface area contributed by atoms with Gasteiger partial charge in [-0.05, 0) is 24.3 Å². The van der Waals surface area contributed by atoms with Crippen LogP contribution in [0.1, 0.15) is 5.56 Å². The number of hydrogen-bond acceptors (Lipinski definition) is 1. The van der Waals surface area contributed by atoms with Gasteiger partial charge in [0.1, 0.15) is 6.61 Å². The first-order chi connectivity index (χ1) is 8.58. The summed E-state index contributed by atoms with van der Waals surface area (Å²) < 4.78 is 19.8. The van der Waals surface area contributed by atoms with Crippen LogP contribution in [0.2, 0.25) is 10.0 Å². The van der Waals surface area contributed by atoms with Crippen molar-refractivity contribution < 1.29 is 9.13 Å². The monoisotopic (exact) mass is 348 g/mol. The second-order valence-corrected chi connectivity index (χ2v) is 5.31. The first-order valence-electron chi connectivity index (χ1n) is 5.08. The molecular formula is C13H8BrCl2FO. The maximum absolute atomic E-state index is 13.6. The number of hydrogen-bond donors (Lipinski definition) is 0. The summed E-state index contributed by atoms with van der Waals surface area (Å²) in [5.74, 6) is -0.450. The third-order valence-electron chi connectivity index (χ3n) is 2.31. The van der Waals surface area contributed by atoms with E-state index in [9.17, 15) is 4.39 Å². The topological polar surface area (TPSA) is 9.23 Å². The molecule has 0 unspecified atom stereocenters. The summed E-state index contributed by atoms with van der Waals surface area (Å²) in [7, 11) is 0. The van der Waals surface area contributed by atoms with E-state index in [1.54, 1.807) is 12.1 Å². The smallest absolute Gasteiger partial charge is 0.183 e. The van der Waals surface area contributed by atoms with Crippen LogP contribution in [-0.4, -0.2) is 0 Å². The van der Waals surface area contributed by atoms with Gasteiger partial charge in [0, 0.05) is 15.1 Å². The molecule has 0 radical (unpaired) electrons. The van der Waals surface area contributed by atoms with Gasteiger partial charge in [0.05, 0.1) is 5.02 Å². The summed E-state index contributed by atoms with van der Waals surface area (Å²) in [5.41, 5.74) is 0.777. The van der Waals surface area contributed by atoms with Gasteiger partial charge in [-0.25, -0.2) is 4.39 Å². The molecule has 0 aromatic heterocycles. The van der Waals surface area contributed by atoms with E-state index in [1.165, 1.54) is 12.1 Å². The fourth-order valence-electron chi connectivity index (χ4n) is 1.39. The predicted molar refractivity (Wildman–Crippen MR) is 74.9 cm³/mol. The van der Waals surface area contributed by atoms with Crippen LogP contribution in [0.5, 0.6) is 5.75 Å². The molecule has 0 atom stereocenters. The van der Waals surface area contributed by atoms with Gasteiger partial charge < -0.3 is 4.74 Å². The van der Waals surface area contributed by atoms with Crippen molar-refractivity contribution in [3.8, 4) is 5.75 Å². The van der Waals surface area contributed by atoms with E-state index in [1.807, 2.05) is 12.1 Å². The highest BCUT2D eigenvalue weighted by Gasteiger charge is 2.08. The zero-order valence-corrected chi connectivity index (χ0v) is 12.2. The van der Waals surface area contributed by atoms with Crippen molar-refractivity contribution in [2.45, 2.75) is 6.61 Å². The van der Waals surface area contributed by atoms with Crippen molar-refractivity contribution in [1.82, 2.24) is 0 Å². The highest BCUT2D eigenvalue weighted by molar-refractivity contribution is 9.10. The Morgan fingerprint density at radius 1 is 1.11 bits per heavy atom. The van der Waals surface area contributed by atoms with Crippen LogP contribution in [-0.2, 0) is 6.61 Å². The third-order valence-corrected chi connectivity index (χ3v) is 3.45. The van der Waals surface area contributed by atoms with Crippen LogP contribution in [0.4, 0.5) is 4.39 Å². The summed E-state index contributed by atoms with van der Waals surface area (Å²) in [6.07, 6.45) is 0. The molecule has 0 saturated heterocycles. The average molecular weight is 350 g/mol. The first-order valence-corrected chi connectivity index (χ1v) is 6.63. The van der Waals surface area contributed by atoms with Gasteiger partial charge >= 0.3 is 0 Å². The molecular weight excluding hydrogens is 342 g/mol. The largest absolute Gasteiger partial charge is 0.486 e. The van der Waals surface area contributed by atoms with Crippen molar-refractivity contribution in [1.29, 1.82) is 0 Å². The molecule has 0 aliphatic rings. The van der Waals surface area contributed by atoms with Gasteiger partial charge in [-0.15, -0.1) is 0 Å². The lowest BCUT2D eigenvalue weighted by atomic mass is 10.2. The summed E-state index contributed by atoms with van der Waals surface area (Å²) in [4.78, 5) is 0. The van der Waals surface area contributed by atoms with E-state index < -0.39 is 5.82 Å². The molecule has 0 N–H and O–H groups in total.